The zero-order valence-electron chi connectivity index (χ0n) is 15.7. The van der Waals surface area contributed by atoms with Crippen LogP contribution in [0.3, 0.4) is 0 Å². The fraction of sp³-hybridized carbons (Fsp3) is 0.364. The minimum absolute atomic E-state index is 0.0521. The summed E-state index contributed by atoms with van der Waals surface area (Å²) in [6.07, 6.45) is 1.88. The van der Waals surface area contributed by atoms with Gasteiger partial charge in [-0.15, -0.1) is 0 Å². The van der Waals surface area contributed by atoms with Gasteiger partial charge in [0.2, 0.25) is 0 Å². The van der Waals surface area contributed by atoms with Crippen molar-refractivity contribution in [3.63, 3.8) is 0 Å². The first kappa shape index (κ1) is 17.6. The summed E-state index contributed by atoms with van der Waals surface area (Å²) >= 11 is 0. The topological polar surface area (TPSA) is 43.9 Å². The van der Waals surface area contributed by atoms with Crippen LogP contribution in [0.1, 0.15) is 28.4 Å². The highest BCUT2D eigenvalue weighted by Gasteiger charge is 2.31. The molecule has 1 saturated heterocycles. The average Bonchev–Trinajstić information content (AvgIpc) is 3.17. The molecule has 4 rings (SSSR count). The number of urea groups is 1. The second-order valence-electron chi connectivity index (χ2n) is 7.14. The van der Waals surface area contributed by atoms with Crippen LogP contribution in [0.2, 0.25) is 0 Å². The summed E-state index contributed by atoms with van der Waals surface area (Å²) in [7, 11) is 0. The molecule has 140 valence electrons. The molecule has 5 heteroatoms. The second-order valence-corrected chi connectivity index (χ2v) is 7.14. The summed E-state index contributed by atoms with van der Waals surface area (Å²) in [6.45, 7) is 5.16. The monoisotopic (exact) mass is 363 g/mol. The Morgan fingerprint density at radius 3 is 2.22 bits per heavy atom. The minimum Gasteiger partial charge on any atom is -0.335 e. The van der Waals surface area contributed by atoms with E-state index in [2.05, 4.69) is 13.0 Å². The number of rotatable bonds is 2. The third-order valence-electron chi connectivity index (χ3n) is 5.56. The first-order valence-corrected chi connectivity index (χ1v) is 9.70. The lowest BCUT2D eigenvalue weighted by Crippen LogP contribution is -2.54. The Morgan fingerprint density at radius 1 is 0.852 bits per heavy atom. The van der Waals surface area contributed by atoms with Crippen molar-refractivity contribution in [2.75, 3.05) is 37.6 Å². The highest BCUT2D eigenvalue weighted by molar-refractivity contribution is 5.96. The van der Waals surface area contributed by atoms with Crippen molar-refractivity contribution in [2.45, 2.75) is 19.8 Å². The van der Waals surface area contributed by atoms with E-state index in [1.54, 1.807) is 0 Å². The summed E-state index contributed by atoms with van der Waals surface area (Å²) in [4.78, 5) is 31.2. The maximum absolute atomic E-state index is 12.9. The van der Waals surface area contributed by atoms with Gasteiger partial charge in [0.1, 0.15) is 0 Å². The maximum atomic E-state index is 12.9. The molecule has 2 aliphatic heterocycles. The van der Waals surface area contributed by atoms with Crippen LogP contribution in [-0.4, -0.2) is 54.5 Å². The Labute approximate surface area is 160 Å². The molecule has 0 unspecified atom stereocenters. The molecule has 3 amide bonds. The molecule has 0 aliphatic carbocycles. The van der Waals surface area contributed by atoms with Crippen molar-refractivity contribution in [3.05, 3.63) is 65.2 Å². The van der Waals surface area contributed by atoms with E-state index in [1.165, 1.54) is 11.1 Å². The van der Waals surface area contributed by atoms with Crippen molar-refractivity contribution in [1.29, 1.82) is 0 Å². The van der Waals surface area contributed by atoms with Gasteiger partial charge in [0.05, 0.1) is 0 Å². The lowest BCUT2D eigenvalue weighted by molar-refractivity contribution is 0.0669. The Bertz CT molecular complexity index is 839. The van der Waals surface area contributed by atoms with Crippen molar-refractivity contribution >= 4 is 17.6 Å². The Kier molecular flexibility index (Phi) is 4.84. The maximum Gasteiger partial charge on any atom is 0.324 e. The number of piperazine rings is 1. The van der Waals surface area contributed by atoms with Crippen LogP contribution < -0.4 is 4.90 Å². The smallest absolute Gasteiger partial charge is 0.324 e. The quantitative estimate of drug-likeness (QED) is 0.822. The van der Waals surface area contributed by atoms with E-state index >= 15 is 0 Å². The summed E-state index contributed by atoms with van der Waals surface area (Å²) < 4.78 is 0. The fourth-order valence-electron chi connectivity index (χ4n) is 3.87. The normalized spacial score (nSPS) is 16.4. The van der Waals surface area contributed by atoms with Crippen LogP contribution in [-0.2, 0) is 12.8 Å². The lowest BCUT2D eigenvalue weighted by Gasteiger charge is -2.36. The van der Waals surface area contributed by atoms with E-state index in [9.17, 15) is 9.59 Å². The van der Waals surface area contributed by atoms with Gasteiger partial charge in [-0.2, -0.15) is 0 Å². The van der Waals surface area contributed by atoms with Gasteiger partial charge >= 0.3 is 6.03 Å². The highest BCUT2D eigenvalue weighted by Crippen LogP contribution is 2.28. The van der Waals surface area contributed by atoms with E-state index in [4.69, 9.17) is 0 Å². The Balaban J connectivity index is 1.37. The standard InChI is InChI=1S/C22H25N3O2/c1-2-17-7-9-19(10-8-17)21(26)23-13-15-24(16-14-23)22(27)25-12-11-18-5-3-4-6-20(18)25/h3-10H,2,11-16H2,1H3. The molecule has 0 spiro atoms. The Morgan fingerprint density at radius 2 is 1.52 bits per heavy atom. The van der Waals surface area contributed by atoms with Gasteiger partial charge in [-0.1, -0.05) is 37.3 Å². The van der Waals surface area contributed by atoms with Crippen LogP contribution in [0.15, 0.2) is 48.5 Å². The van der Waals surface area contributed by atoms with E-state index in [-0.39, 0.29) is 11.9 Å². The number of nitrogens with zero attached hydrogens (tertiary/aromatic N) is 3. The summed E-state index contributed by atoms with van der Waals surface area (Å²) in [5, 5.41) is 0. The molecular weight excluding hydrogens is 338 g/mol. The van der Waals surface area contributed by atoms with E-state index < -0.39 is 0 Å². The van der Waals surface area contributed by atoms with Crippen LogP contribution >= 0.6 is 0 Å². The molecule has 1 fully saturated rings. The van der Waals surface area contributed by atoms with E-state index in [0.29, 0.717) is 26.2 Å². The van der Waals surface area contributed by atoms with Crippen molar-refractivity contribution in [1.82, 2.24) is 9.80 Å². The predicted molar refractivity (Wildman–Crippen MR) is 106 cm³/mol. The molecule has 2 heterocycles. The van der Waals surface area contributed by atoms with Gasteiger partial charge in [-0.25, -0.2) is 4.79 Å². The van der Waals surface area contributed by atoms with E-state index in [0.717, 1.165) is 30.6 Å². The third-order valence-corrected chi connectivity index (χ3v) is 5.56. The number of para-hydroxylation sites is 1. The molecule has 0 atom stereocenters. The van der Waals surface area contributed by atoms with Crippen LogP contribution in [0.4, 0.5) is 10.5 Å². The summed E-state index contributed by atoms with van der Waals surface area (Å²) in [5.74, 6) is 0.0521. The van der Waals surface area contributed by atoms with Gasteiger partial charge in [0, 0.05) is 44.0 Å². The number of amides is 3. The molecule has 0 bridgehead atoms. The van der Waals surface area contributed by atoms with E-state index in [1.807, 2.05) is 57.2 Å². The van der Waals surface area contributed by atoms with Gasteiger partial charge in [0.25, 0.3) is 5.91 Å². The van der Waals surface area contributed by atoms with Gasteiger partial charge < -0.3 is 9.80 Å². The third kappa shape index (κ3) is 3.42. The predicted octanol–water partition coefficient (Wildman–Crippen LogP) is 3.19. The molecule has 0 radical (unpaired) electrons. The van der Waals surface area contributed by atoms with Gasteiger partial charge in [-0.05, 0) is 42.2 Å². The summed E-state index contributed by atoms with van der Waals surface area (Å²) in [6, 6.07) is 16.0. The van der Waals surface area contributed by atoms with Crippen LogP contribution in [0.5, 0.6) is 0 Å². The number of benzene rings is 2. The number of fused-ring (bicyclic) bond motifs is 1. The minimum atomic E-state index is 0.0521. The SMILES string of the molecule is CCc1ccc(C(=O)N2CCN(C(=O)N3CCc4ccccc43)CC2)cc1. The van der Waals surface area contributed by atoms with Gasteiger partial charge in [-0.3, -0.25) is 9.69 Å². The first-order chi connectivity index (χ1) is 13.2. The zero-order valence-corrected chi connectivity index (χ0v) is 15.7. The van der Waals surface area contributed by atoms with Crippen molar-refractivity contribution < 1.29 is 9.59 Å². The number of hydrogen-bond acceptors (Lipinski definition) is 2. The molecule has 0 aromatic heterocycles. The highest BCUT2D eigenvalue weighted by atomic mass is 16.2. The largest absolute Gasteiger partial charge is 0.335 e. The number of aryl methyl sites for hydroxylation is 1. The average molecular weight is 363 g/mol. The molecular formula is C22H25N3O2. The Hall–Kier alpha value is -2.82. The fourth-order valence-corrected chi connectivity index (χ4v) is 3.87. The van der Waals surface area contributed by atoms with Crippen molar-refractivity contribution in [3.8, 4) is 0 Å². The molecule has 2 aromatic rings. The zero-order chi connectivity index (χ0) is 18.8. The molecule has 5 nitrogen and oxygen atoms in total. The van der Waals surface area contributed by atoms with Crippen LogP contribution in [0, 0.1) is 0 Å². The second kappa shape index (κ2) is 7.43. The van der Waals surface area contributed by atoms with Crippen LogP contribution in [0.25, 0.3) is 0 Å². The number of anilines is 1. The number of carbonyl (C=O) groups excluding carboxylic acids is 2. The molecule has 2 aromatic carbocycles. The first-order valence-electron chi connectivity index (χ1n) is 9.70. The van der Waals surface area contributed by atoms with Gasteiger partial charge in [0.15, 0.2) is 0 Å². The summed E-state index contributed by atoms with van der Waals surface area (Å²) in [5.41, 5.74) is 4.21. The molecule has 2 aliphatic rings. The van der Waals surface area contributed by atoms with Crippen molar-refractivity contribution in [2.24, 2.45) is 0 Å². The molecule has 0 N–H and O–H groups in total. The number of hydrogen-bond donors (Lipinski definition) is 0. The molecule has 0 saturated carbocycles. The molecule has 27 heavy (non-hydrogen) atoms. The number of carbonyl (C=O) groups is 2. The lowest BCUT2D eigenvalue weighted by atomic mass is 10.1.